The van der Waals surface area contributed by atoms with Crippen LogP contribution in [-0.4, -0.2) is 72.5 Å². The van der Waals surface area contributed by atoms with Crippen LogP contribution >= 0.6 is 0 Å². The number of ether oxygens (including phenoxy) is 1. The van der Waals surface area contributed by atoms with Gasteiger partial charge in [-0.1, -0.05) is 13.3 Å². The van der Waals surface area contributed by atoms with Crippen LogP contribution in [0, 0.1) is 0 Å². The number of carbonyl (C=O) groups is 1. The van der Waals surface area contributed by atoms with Crippen molar-refractivity contribution in [2.24, 2.45) is 0 Å². The summed E-state index contributed by atoms with van der Waals surface area (Å²) in [6.07, 6.45) is -4.18. The summed E-state index contributed by atoms with van der Waals surface area (Å²) >= 11 is 0. The molecular weight excluding hydrogens is 483 g/mol. The first-order valence-corrected chi connectivity index (χ1v) is 11.4. The molecule has 30 heavy (non-hydrogen) atoms. The van der Waals surface area contributed by atoms with Crippen LogP contribution in [0.3, 0.4) is 0 Å². The first-order valence-electron chi connectivity index (χ1n) is 8.22. The van der Waals surface area contributed by atoms with Gasteiger partial charge in [0.1, 0.15) is 11.5 Å². The number of ketones is 1. The summed E-state index contributed by atoms with van der Waals surface area (Å²) in [5.41, 5.74) is 0. The molecule has 0 bridgehead atoms. The zero-order valence-corrected chi connectivity index (χ0v) is 17.0. The molecule has 1 rings (SSSR count). The minimum absolute atomic E-state index is 0.347. The Morgan fingerprint density at radius 1 is 0.967 bits per heavy atom. The second-order valence-corrected chi connectivity index (χ2v) is 9.79. The molecule has 1 heterocycles. The highest BCUT2D eigenvalue weighted by Gasteiger charge is 2.83. The predicted octanol–water partition coefficient (Wildman–Crippen LogP) is 3.35. The summed E-state index contributed by atoms with van der Waals surface area (Å²) in [5.74, 6) is -11.3. The summed E-state index contributed by atoms with van der Waals surface area (Å²) in [5, 5.41) is -7.11. The average Bonchev–Trinajstić information content (AvgIpc) is 2.59. The topological polar surface area (TPSA) is 83.5 Å². The molecule has 0 radical (unpaired) electrons. The van der Waals surface area contributed by atoms with Gasteiger partial charge >= 0.3 is 23.3 Å². The number of rotatable bonds is 8. The Morgan fingerprint density at radius 2 is 1.43 bits per heavy atom. The summed E-state index contributed by atoms with van der Waals surface area (Å²) in [6, 6.07) is 0. The fraction of sp³-hybridized carbons (Fsp3) is 0.929. The smallest absolute Gasteiger partial charge is 0.460 e. The molecule has 0 N–H and O–H groups in total. The Balaban J connectivity index is 0.000000579. The molecule has 0 saturated carbocycles. The van der Waals surface area contributed by atoms with Gasteiger partial charge in [-0.3, -0.25) is 4.79 Å². The molecule has 0 aromatic heterocycles. The summed E-state index contributed by atoms with van der Waals surface area (Å²) in [7, 11) is -7.07. The number of Topliss-reactive ketones (excluding diaryl/α,β-unsaturated/α-hetero) is 1. The molecule has 16 heteroatoms. The van der Waals surface area contributed by atoms with E-state index in [1.807, 2.05) is 0 Å². The van der Waals surface area contributed by atoms with Gasteiger partial charge in [-0.05, 0) is 17.3 Å². The van der Waals surface area contributed by atoms with E-state index < -0.39 is 33.4 Å². The Bertz CT molecular complexity index is 659. The number of hydrogen-bond donors (Lipinski definition) is 0. The number of hydrogen-bond acceptors (Lipinski definition) is 5. The lowest BCUT2D eigenvalue weighted by Gasteiger charge is -2.34. The maximum absolute atomic E-state index is 12.2. The molecule has 0 unspecified atom stereocenters. The van der Waals surface area contributed by atoms with Crippen LogP contribution in [0.5, 0.6) is 0 Å². The van der Waals surface area contributed by atoms with Crippen molar-refractivity contribution < 1.29 is 62.0 Å². The van der Waals surface area contributed by atoms with Gasteiger partial charge in [0.15, 0.2) is 21.7 Å². The van der Waals surface area contributed by atoms with Crippen LogP contribution in [0.2, 0.25) is 0 Å². The fourth-order valence-electron chi connectivity index (χ4n) is 1.89. The van der Waals surface area contributed by atoms with Gasteiger partial charge in [-0.25, -0.2) is 8.42 Å². The lowest BCUT2D eigenvalue weighted by Crippen LogP contribution is -2.63. The molecule has 180 valence electrons. The van der Waals surface area contributed by atoms with Crippen molar-refractivity contribution >= 4 is 26.8 Å². The summed E-state index contributed by atoms with van der Waals surface area (Å²) in [6.45, 7) is 3.86. The molecule has 1 aliphatic rings. The molecule has 0 aromatic carbocycles. The van der Waals surface area contributed by atoms with Crippen LogP contribution in [-0.2, 0) is 30.5 Å². The SMILES string of the molecule is CCCCC(=O)C[S+]1CCOCC1.O=S(=O)([O-])C(F)(F)C(F)(F)C(F)(F)C(F)(F)F. The Morgan fingerprint density at radius 3 is 1.80 bits per heavy atom. The normalized spacial score (nSPS) is 17.3. The second-order valence-electron chi connectivity index (χ2n) is 6.04. The summed E-state index contributed by atoms with van der Waals surface area (Å²) in [4.78, 5) is 11.4. The van der Waals surface area contributed by atoms with Crippen molar-refractivity contribution in [3.8, 4) is 0 Å². The van der Waals surface area contributed by atoms with E-state index in [-0.39, 0.29) is 0 Å². The number of carbonyl (C=O) groups excluding carboxylic acids is 1. The third-order valence-electron chi connectivity index (χ3n) is 3.64. The zero-order chi connectivity index (χ0) is 24.0. The molecular formula is C14H19F9O5S2. The fourth-order valence-corrected chi connectivity index (χ4v) is 4.14. The molecule has 0 spiro atoms. The van der Waals surface area contributed by atoms with Gasteiger partial charge in [0.2, 0.25) is 0 Å². The molecule has 5 nitrogen and oxygen atoms in total. The van der Waals surface area contributed by atoms with Crippen molar-refractivity contribution in [3.05, 3.63) is 0 Å². The van der Waals surface area contributed by atoms with Gasteiger partial charge in [-0.2, -0.15) is 39.5 Å². The maximum Gasteiger partial charge on any atom is 0.460 e. The largest absolute Gasteiger partial charge is 0.743 e. The van der Waals surface area contributed by atoms with Crippen LogP contribution in [0.15, 0.2) is 0 Å². The third kappa shape index (κ3) is 7.15. The van der Waals surface area contributed by atoms with Crippen molar-refractivity contribution in [3.63, 3.8) is 0 Å². The molecule has 0 atom stereocenters. The van der Waals surface area contributed by atoms with Crippen LogP contribution in [0.4, 0.5) is 39.5 Å². The Labute approximate surface area is 169 Å². The Hall–Kier alpha value is -0.740. The average molecular weight is 502 g/mol. The van der Waals surface area contributed by atoms with Crippen LogP contribution in [0.25, 0.3) is 0 Å². The lowest BCUT2D eigenvalue weighted by atomic mass is 10.1. The first kappa shape index (κ1) is 29.3. The van der Waals surface area contributed by atoms with Crippen molar-refractivity contribution in [1.29, 1.82) is 0 Å². The first-order chi connectivity index (χ1) is 13.3. The van der Waals surface area contributed by atoms with E-state index in [2.05, 4.69) is 6.92 Å². The molecule has 0 aromatic rings. The van der Waals surface area contributed by atoms with Crippen molar-refractivity contribution in [2.75, 3.05) is 30.5 Å². The zero-order valence-electron chi connectivity index (χ0n) is 15.4. The molecule has 0 amide bonds. The molecule has 1 fully saturated rings. The molecule has 1 aliphatic heterocycles. The lowest BCUT2D eigenvalue weighted by molar-refractivity contribution is -0.382. The van der Waals surface area contributed by atoms with Gasteiger partial charge in [0.05, 0.1) is 13.2 Å². The minimum Gasteiger partial charge on any atom is -0.743 e. The van der Waals surface area contributed by atoms with Gasteiger partial charge in [0.25, 0.3) is 0 Å². The monoisotopic (exact) mass is 502 g/mol. The molecule has 1 saturated heterocycles. The highest BCUT2D eigenvalue weighted by Crippen LogP contribution is 2.54. The third-order valence-corrected chi connectivity index (χ3v) is 6.74. The van der Waals surface area contributed by atoms with E-state index in [0.29, 0.717) is 16.7 Å². The highest BCUT2D eigenvalue weighted by atomic mass is 32.2. The predicted molar refractivity (Wildman–Crippen MR) is 87.9 cm³/mol. The maximum atomic E-state index is 12.2. The number of alkyl halides is 9. The highest BCUT2D eigenvalue weighted by molar-refractivity contribution is 7.97. The van der Waals surface area contributed by atoms with Gasteiger partial charge < -0.3 is 9.29 Å². The summed E-state index contributed by atoms with van der Waals surface area (Å²) < 4.78 is 141. The standard InChI is InChI=1S/C10H19O2S.C4HF9O3S/c1-2-3-4-10(11)9-13-7-5-12-6-8-13;5-1(6,3(9,10)11)2(7,8)4(12,13)17(14,15)16/h2-9H2,1H3;(H,14,15,16)/q+1;/p-1. The molecule has 0 aliphatic carbocycles. The number of unbranched alkanes of at least 4 members (excludes halogenated alkanes) is 1. The van der Waals surface area contributed by atoms with Gasteiger partial charge in [-0.15, -0.1) is 0 Å². The van der Waals surface area contributed by atoms with E-state index in [4.69, 9.17) is 4.74 Å². The van der Waals surface area contributed by atoms with E-state index in [9.17, 15) is 57.3 Å². The van der Waals surface area contributed by atoms with Crippen LogP contribution in [0.1, 0.15) is 26.2 Å². The van der Waals surface area contributed by atoms with Crippen molar-refractivity contribution in [1.82, 2.24) is 0 Å². The minimum atomic E-state index is -7.43. The van der Waals surface area contributed by atoms with E-state index in [1.165, 1.54) is 0 Å². The Kier molecular flexibility index (Phi) is 10.5. The van der Waals surface area contributed by atoms with Crippen LogP contribution < -0.4 is 0 Å². The quantitative estimate of drug-likeness (QED) is 0.289. The van der Waals surface area contributed by atoms with E-state index in [1.54, 1.807) is 0 Å². The number of halogens is 9. The van der Waals surface area contributed by atoms with Crippen molar-refractivity contribution in [2.45, 2.75) is 49.5 Å². The second kappa shape index (κ2) is 10.7. The van der Waals surface area contributed by atoms with E-state index >= 15 is 0 Å². The van der Waals surface area contributed by atoms with Gasteiger partial charge in [0, 0.05) is 6.42 Å². The van der Waals surface area contributed by atoms with E-state index in [0.717, 1.165) is 49.7 Å².